The number of nitrogens with zero attached hydrogens (tertiary/aromatic N) is 2. The average Bonchev–Trinajstić information content (AvgIpc) is 2.22. The van der Waals surface area contributed by atoms with Gasteiger partial charge in [-0.3, -0.25) is 0 Å². The summed E-state index contributed by atoms with van der Waals surface area (Å²) in [6.07, 6.45) is 1.04. The van der Waals surface area contributed by atoms with E-state index in [1.54, 1.807) is 0 Å². The molecule has 1 aromatic heterocycles. The second-order valence-electron chi connectivity index (χ2n) is 5.44. The van der Waals surface area contributed by atoms with Gasteiger partial charge in [0.2, 0.25) is 0 Å². The van der Waals surface area contributed by atoms with Crippen LogP contribution in [0.25, 0.3) is 0 Å². The second-order valence-corrected chi connectivity index (χ2v) is 5.44. The molecule has 16 heavy (non-hydrogen) atoms. The third kappa shape index (κ3) is 2.19. The van der Waals surface area contributed by atoms with Gasteiger partial charge in [0.25, 0.3) is 0 Å². The Hall–Kier alpha value is -1.09. The molecule has 1 atom stereocenters. The average molecular weight is 219 g/mol. The number of nitrogens with two attached hydrogens (primary N) is 1. The van der Waals surface area contributed by atoms with Crippen LogP contribution >= 0.6 is 0 Å². The molecule has 3 heteroatoms. The molecule has 0 spiro atoms. The Morgan fingerprint density at radius 3 is 2.81 bits per heavy atom. The van der Waals surface area contributed by atoms with Crippen LogP contribution in [0.3, 0.4) is 0 Å². The summed E-state index contributed by atoms with van der Waals surface area (Å²) in [5.74, 6) is 1.08. The molecule has 0 amide bonds. The zero-order valence-corrected chi connectivity index (χ0v) is 10.4. The molecule has 2 rings (SSSR count). The quantitative estimate of drug-likeness (QED) is 0.785. The van der Waals surface area contributed by atoms with Crippen LogP contribution in [0.2, 0.25) is 0 Å². The molecule has 1 fully saturated rings. The van der Waals surface area contributed by atoms with Crippen LogP contribution in [-0.2, 0) is 0 Å². The first-order valence-electron chi connectivity index (χ1n) is 5.93. The molecule has 0 radical (unpaired) electrons. The smallest absolute Gasteiger partial charge is 0.128 e. The Bertz CT molecular complexity index is 373. The lowest BCUT2D eigenvalue weighted by atomic mass is 9.80. The van der Waals surface area contributed by atoms with E-state index in [4.69, 9.17) is 5.73 Å². The number of hydrogen-bond acceptors (Lipinski definition) is 3. The minimum absolute atomic E-state index is 0.170. The number of piperidine rings is 1. The largest absolute Gasteiger partial charge is 0.356 e. The topological polar surface area (TPSA) is 42.1 Å². The molecule has 1 aliphatic rings. The minimum atomic E-state index is 0.170. The summed E-state index contributed by atoms with van der Waals surface area (Å²) in [6, 6.07) is 6.48. The van der Waals surface area contributed by atoms with Gasteiger partial charge in [-0.25, -0.2) is 4.98 Å². The maximum atomic E-state index is 6.14. The van der Waals surface area contributed by atoms with Gasteiger partial charge in [-0.2, -0.15) is 0 Å². The predicted molar refractivity (Wildman–Crippen MR) is 67.6 cm³/mol. The van der Waals surface area contributed by atoms with Crippen molar-refractivity contribution in [3.63, 3.8) is 0 Å². The highest BCUT2D eigenvalue weighted by Gasteiger charge is 2.33. The number of pyridine rings is 1. The van der Waals surface area contributed by atoms with E-state index in [2.05, 4.69) is 35.9 Å². The van der Waals surface area contributed by atoms with Crippen molar-refractivity contribution in [1.29, 1.82) is 0 Å². The van der Waals surface area contributed by atoms with Gasteiger partial charge in [0.05, 0.1) is 0 Å². The number of hydrogen-bond donors (Lipinski definition) is 1. The molecule has 0 aliphatic carbocycles. The third-order valence-corrected chi connectivity index (χ3v) is 3.51. The van der Waals surface area contributed by atoms with Crippen molar-refractivity contribution in [2.24, 2.45) is 11.1 Å². The Kier molecular flexibility index (Phi) is 2.89. The van der Waals surface area contributed by atoms with Gasteiger partial charge in [-0.1, -0.05) is 19.9 Å². The molecule has 1 aliphatic heterocycles. The lowest BCUT2D eigenvalue weighted by Gasteiger charge is -2.43. The van der Waals surface area contributed by atoms with Gasteiger partial charge in [0.1, 0.15) is 5.82 Å². The molecule has 3 nitrogen and oxygen atoms in total. The van der Waals surface area contributed by atoms with Crippen molar-refractivity contribution in [2.75, 3.05) is 18.0 Å². The third-order valence-electron chi connectivity index (χ3n) is 3.51. The molecule has 1 aromatic rings. The van der Waals surface area contributed by atoms with Gasteiger partial charge in [-0.15, -0.1) is 0 Å². The van der Waals surface area contributed by atoms with E-state index in [-0.39, 0.29) is 5.41 Å². The zero-order chi connectivity index (χ0) is 11.8. The van der Waals surface area contributed by atoms with Crippen LogP contribution in [0.5, 0.6) is 0 Å². The van der Waals surface area contributed by atoms with Crippen LogP contribution in [0.15, 0.2) is 18.2 Å². The zero-order valence-electron chi connectivity index (χ0n) is 10.4. The van der Waals surface area contributed by atoms with Crippen molar-refractivity contribution in [1.82, 2.24) is 4.98 Å². The molecule has 2 N–H and O–H groups in total. The minimum Gasteiger partial charge on any atom is -0.356 e. The van der Waals surface area contributed by atoms with E-state index in [1.165, 1.54) is 0 Å². The Morgan fingerprint density at radius 1 is 1.44 bits per heavy atom. The normalized spacial score (nSPS) is 24.5. The maximum absolute atomic E-state index is 6.14. The summed E-state index contributed by atoms with van der Waals surface area (Å²) >= 11 is 0. The Labute approximate surface area is 97.7 Å². The number of rotatable bonds is 1. The highest BCUT2D eigenvalue weighted by atomic mass is 15.2. The molecule has 2 heterocycles. The fourth-order valence-electron chi connectivity index (χ4n) is 2.27. The van der Waals surface area contributed by atoms with E-state index in [0.29, 0.717) is 6.04 Å². The first kappa shape index (κ1) is 11.4. The standard InChI is InChI=1S/C13H21N3/c1-10-5-4-6-12(15-10)16-8-7-11(14)13(2,3)9-16/h4-6,11H,7-9,14H2,1-3H3. The van der Waals surface area contributed by atoms with Gasteiger partial charge in [-0.05, 0) is 30.9 Å². The van der Waals surface area contributed by atoms with Gasteiger partial charge in [0.15, 0.2) is 0 Å². The van der Waals surface area contributed by atoms with Crippen LogP contribution < -0.4 is 10.6 Å². The lowest BCUT2D eigenvalue weighted by molar-refractivity contribution is 0.244. The molecule has 1 unspecified atom stereocenters. The summed E-state index contributed by atoms with van der Waals surface area (Å²) in [5.41, 5.74) is 7.38. The molecule has 0 bridgehead atoms. The first-order chi connectivity index (χ1) is 7.49. The fourth-order valence-corrected chi connectivity index (χ4v) is 2.27. The monoisotopic (exact) mass is 219 g/mol. The molecule has 1 saturated heterocycles. The molecule has 88 valence electrons. The molecule has 0 saturated carbocycles. The first-order valence-corrected chi connectivity index (χ1v) is 5.93. The van der Waals surface area contributed by atoms with Crippen molar-refractivity contribution in [3.05, 3.63) is 23.9 Å². The molecular weight excluding hydrogens is 198 g/mol. The summed E-state index contributed by atoms with van der Waals surface area (Å²) in [7, 11) is 0. The maximum Gasteiger partial charge on any atom is 0.128 e. The number of aryl methyl sites for hydroxylation is 1. The summed E-state index contributed by atoms with van der Waals surface area (Å²) in [5, 5.41) is 0. The van der Waals surface area contributed by atoms with Crippen molar-refractivity contribution in [2.45, 2.75) is 33.2 Å². The molecular formula is C13H21N3. The lowest BCUT2D eigenvalue weighted by Crippen LogP contribution is -2.52. The van der Waals surface area contributed by atoms with Crippen LogP contribution in [0, 0.1) is 12.3 Å². The van der Waals surface area contributed by atoms with E-state index in [0.717, 1.165) is 31.0 Å². The second kappa shape index (κ2) is 4.06. The van der Waals surface area contributed by atoms with Crippen molar-refractivity contribution in [3.8, 4) is 0 Å². The van der Waals surface area contributed by atoms with E-state index in [1.807, 2.05) is 13.0 Å². The summed E-state index contributed by atoms with van der Waals surface area (Å²) < 4.78 is 0. The van der Waals surface area contributed by atoms with Crippen LogP contribution in [-0.4, -0.2) is 24.1 Å². The van der Waals surface area contributed by atoms with Gasteiger partial charge >= 0.3 is 0 Å². The summed E-state index contributed by atoms with van der Waals surface area (Å²) in [6.45, 7) is 8.51. The van der Waals surface area contributed by atoms with Crippen molar-refractivity contribution >= 4 is 5.82 Å². The highest BCUT2D eigenvalue weighted by Crippen LogP contribution is 2.30. The van der Waals surface area contributed by atoms with Crippen LogP contribution in [0.4, 0.5) is 5.82 Å². The number of aromatic nitrogens is 1. The number of anilines is 1. The fraction of sp³-hybridized carbons (Fsp3) is 0.615. The highest BCUT2D eigenvalue weighted by molar-refractivity contribution is 5.40. The predicted octanol–water partition coefficient (Wildman–Crippen LogP) is 1.95. The van der Waals surface area contributed by atoms with E-state index >= 15 is 0 Å². The summed E-state index contributed by atoms with van der Waals surface area (Å²) in [4.78, 5) is 6.92. The van der Waals surface area contributed by atoms with Crippen molar-refractivity contribution < 1.29 is 0 Å². The molecule has 0 aromatic carbocycles. The SMILES string of the molecule is Cc1cccc(N2CCC(N)C(C)(C)C2)n1. The Balaban J connectivity index is 2.18. The van der Waals surface area contributed by atoms with E-state index < -0.39 is 0 Å². The van der Waals surface area contributed by atoms with Crippen LogP contribution in [0.1, 0.15) is 26.0 Å². The van der Waals surface area contributed by atoms with Gasteiger partial charge in [0, 0.05) is 24.8 Å². The van der Waals surface area contributed by atoms with Gasteiger partial charge < -0.3 is 10.6 Å². The Morgan fingerprint density at radius 2 is 2.19 bits per heavy atom. The van der Waals surface area contributed by atoms with E-state index in [9.17, 15) is 0 Å².